The van der Waals surface area contributed by atoms with Crippen LogP contribution < -0.4 is 5.32 Å². The van der Waals surface area contributed by atoms with Gasteiger partial charge in [-0.25, -0.2) is 13.2 Å². The molecular formula is C15H10F3NS. The van der Waals surface area contributed by atoms with Gasteiger partial charge in [-0.3, -0.25) is 0 Å². The Kier molecular flexibility index (Phi) is 3.36. The lowest BCUT2D eigenvalue weighted by Gasteiger charge is -2.07. The zero-order valence-corrected chi connectivity index (χ0v) is 11.1. The maximum absolute atomic E-state index is 13.1. The summed E-state index contributed by atoms with van der Waals surface area (Å²) in [6, 6.07) is 9.83. The fourth-order valence-corrected chi connectivity index (χ4v) is 2.76. The fraction of sp³-hybridized carbons (Fsp3) is 0.0667. The van der Waals surface area contributed by atoms with Crippen LogP contribution in [0.15, 0.2) is 41.8 Å². The SMILES string of the molecule is Fc1cc(CNc2ccc3sccc3c2)cc(F)c1F. The van der Waals surface area contributed by atoms with Gasteiger partial charge in [0.25, 0.3) is 0 Å². The highest BCUT2D eigenvalue weighted by Gasteiger charge is 2.10. The van der Waals surface area contributed by atoms with Gasteiger partial charge in [-0.1, -0.05) is 0 Å². The van der Waals surface area contributed by atoms with Crippen molar-refractivity contribution in [1.82, 2.24) is 0 Å². The van der Waals surface area contributed by atoms with E-state index in [4.69, 9.17) is 0 Å². The van der Waals surface area contributed by atoms with Crippen LogP contribution in [0.2, 0.25) is 0 Å². The summed E-state index contributed by atoms with van der Waals surface area (Å²) in [6.45, 7) is 0.226. The topological polar surface area (TPSA) is 12.0 Å². The van der Waals surface area contributed by atoms with E-state index in [1.165, 1.54) is 4.70 Å². The molecule has 1 nitrogen and oxygen atoms in total. The number of hydrogen-bond acceptors (Lipinski definition) is 2. The van der Waals surface area contributed by atoms with Crippen molar-refractivity contribution < 1.29 is 13.2 Å². The smallest absolute Gasteiger partial charge is 0.194 e. The number of hydrogen-bond donors (Lipinski definition) is 1. The van der Waals surface area contributed by atoms with E-state index >= 15 is 0 Å². The van der Waals surface area contributed by atoms with Gasteiger partial charge in [0, 0.05) is 16.9 Å². The Balaban J connectivity index is 1.78. The molecule has 1 heterocycles. The third-order valence-corrected chi connectivity index (χ3v) is 3.89. The first kappa shape index (κ1) is 13.0. The van der Waals surface area contributed by atoms with Crippen LogP contribution in [0.25, 0.3) is 10.1 Å². The minimum Gasteiger partial charge on any atom is -0.381 e. The minimum absolute atomic E-state index is 0.226. The first-order valence-electron chi connectivity index (χ1n) is 5.98. The maximum atomic E-state index is 13.1. The molecule has 1 aromatic heterocycles. The van der Waals surface area contributed by atoms with Crippen molar-refractivity contribution in [3.8, 4) is 0 Å². The maximum Gasteiger partial charge on any atom is 0.194 e. The minimum atomic E-state index is -1.44. The predicted molar refractivity (Wildman–Crippen MR) is 75.5 cm³/mol. The Bertz CT molecular complexity index is 744. The van der Waals surface area contributed by atoms with Crippen LogP contribution in [0, 0.1) is 17.5 Å². The van der Waals surface area contributed by atoms with Crippen molar-refractivity contribution in [2.24, 2.45) is 0 Å². The Morgan fingerprint density at radius 3 is 2.45 bits per heavy atom. The molecule has 0 radical (unpaired) electrons. The lowest BCUT2D eigenvalue weighted by Crippen LogP contribution is -2.02. The van der Waals surface area contributed by atoms with Crippen LogP contribution in [-0.4, -0.2) is 0 Å². The van der Waals surface area contributed by atoms with Gasteiger partial charge < -0.3 is 5.32 Å². The highest BCUT2D eigenvalue weighted by molar-refractivity contribution is 7.17. The summed E-state index contributed by atoms with van der Waals surface area (Å²) in [6.07, 6.45) is 0. The second-order valence-electron chi connectivity index (χ2n) is 4.40. The summed E-state index contributed by atoms with van der Waals surface area (Å²) in [5, 5.41) is 6.17. The molecule has 5 heteroatoms. The Labute approximate surface area is 117 Å². The van der Waals surface area contributed by atoms with Gasteiger partial charge >= 0.3 is 0 Å². The van der Waals surface area contributed by atoms with Gasteiger partial charge in [0.15, 0.2) is 17.5 Å². The number of fused-ring (bicyclic) bond motifs is 1. The Morgan fingerprint density at radius 1 is 0.950 bits per heavy atom. The second kappa shape index (κ2) is 5.17. The fourth-order valence-electron chi connectivity index (χ4n) is 1.99. The standard InChI is InChI=1S/C15H10F3NS/c16-12-5-9(6-13(17)15(12)18)8-19-11-1-2-14-10(7-11)3-4-20-14/h1-7,19H,8H2. The average Bonchev–Trinajstić information content (AvgIpc) is 2.89. The third-order valence-electron chi connectivity index (χ3n) is 2.99. The molecule has 20 heavy (non-hydrogen) atoms. The number of benzene rings is 2. The van der Waals surface area contributed by atoms with E-state index in [0.717, 1.165) is 23.2 Å². The molecule has 2 aromatic carbocycles. The van der Waals surface area contributed by atoms with Gasteiger partial charge in [-0.05, 0) is 52.7 Å². The van der Waals surface area contributed by atoms with E-state index in [-0.39, 0.29) is 6.54 Å². The lowest BCUT2D eigenvalue weighted by atomic mass is 10.2. The molecule has 0 spiro atoms. The highest BCUT2D eigenvalue weighted by Crippen LogP contribution is 2.24. The van der Waals surface area contributed by atoms with Crippen LogP contribution in [0.5, 0.6) is 0 Å². The van der Waals surface area contributed by atoms with Gasteiger partial charge in [-0.15, -0.1) is 11.3 Å². The molecule has 0 unspecified atom stereocenters. The molecule has 0 saturated heterocycles. The molecule has 0 amide bonds. The molecule has 0 aliphatic carbocycles. The van der Waals surface area contributed by atoms with E-state index in [1.807, 2.05) is 29.6 Å². The van der Waals surface area contributed by atoms with E-state index < -0.39 is 17.5 Å². The monoisotopic (exact) mass is 293 g/mol. The molecule has 0 bridgehead atoms. The summed E-state index contributed by atoms with van der Waals surface area (Å²) < 4.78 is 40.2. The largest absolute Gasteiger partial charge is 0.381 e. The molecule has 1 N–H and O–H groups in total. The van der Waals surface area contributed by atoms with Crippen molar-refractivity contribution in [1.29, 1.82) is 0 Å². The molecule has 0 saturated carbocycles. The number of anilines is 1. The number of thiophene rings is 1. The summed E-state index contributed by atoms with van der Waals surface area (Å²) in [5.41, 5.74) is 1.20. The second-order valence-corrected chi connectivity index (χ2v) is 5.35. The Hall–Kier alpha value is -2.01. The average molecular weight is 293 g/mol. The molecule has 0 fully saturated rings. The number of rotatable bonds is 3. The number of halogens is 3. The van der Waals surface area contributed by atoms with Crippen molar-refractivity contribution in [2.75, 3.05) is 5.32 Å². The molecule has 0 atom stereocenters. The lowest BCUT2D eigenvalue weighted by molar-refractivity contribution is 0.445. The van der Waals surface area contributed by atoms with Gasteiger partial charge in [-0.2, -0.15) is 0 Å². The van der Waals surface area contributed by atoms with E-state index in [9.17, 15) is 13.2 Å². The quantitative estimate of drug-likeness (QED) is 0.675. The van der Waals surface area contributed by atoms with E-state index in [0.29, 0.717) is 5.56 Å². The third kappa shape index (κ3) is 2.49. The van der Waals surface area contributed by atoms with Crippen LogP contribution in [0.1, 0.15) is 5.56 Å². The summed E-state index contributed by atoms with van der Waals surface area (Å²) in [5.74, 6) is -3.78. The summed E-state index contributed by atoms with van der Waals surface area (Å²) >= 11 is 1.65. The van der Waals surface area contributed by atoms with Crippen LogP contribution >= 0.6 is 11.3 Å². The van der Waals surface area contributed by atoms with Gasteiger partial charge in [0.1, 0.15) is 0 Å². The molecule has 3 aromatic rings. The van der Waals surface area contributed by atoms with E-state index in [2.05, 4.69) is 5.32 Å². The van der Waals surface area contributed by atoms with Crippen molar-refractivity contribution in [3.05, 3.63) is 64.8 Å². The summed E-state index contributed by atoms with van der Waals surface area (Å²) in [4.78, 5) is 0. The van der Waals surface area contributed by atoms with Crippen molar-refractivity contribution >= 4 is 27.1 Å². The first-order chi connectivity index (χ1) is 9.63. The highest BCUT2D eigenvalue weighted by atomic mass is 32.1. The van der Waals surface area contributed by atoms with Crippen LogP contribution in [-0.2, 0) is 6.54 Å². The van der Waals surface area contributed by atoms with Crippen molar-refractivity contribution in [2.45, 2.75) is 6.54 Å². The first-order valence-corrected chi connectivity index (χ1v) is 6.86. The van der Waals surface area contributed by atoms with Crippen molar-refractivity contribution in [3.63, 3.8) is 0 Å². The predicted octanol–water partition coefficient (Wildman–Crippen LogP) is 4.93. The summed E-state index contributed by atoms with van der Waals surface area (Å²) in [7, 11) is 0. The zero-order chi connectivity index (χ0) is 14.1. The Morgan fingerprint density at radius 2 is 1.70 bits per heavy atom. The van der Waals surface area contributed by atoms with Crippen LogP contribution in [0.4, 0.5) is 18.9 Å². The van der Waals surface area contributed by atoms with Gasteiger partial charge in [0.2, 0.25) is 0 Å². The number of nitrogens with one attached hydrogen (secondary N) is 1. The van der Waals surface area contributed by atoms with E-state index in [1.54, 1.807) is 11.3 Å². The van der Waals surface area contributed by atoms with Crippen LogP contribution in [0.3, 0.4) is 0 Å². The molecule has 3 rings (SSSR count). The molecule has 0 aliphatic heterocycles. The molecule has 102 valence electrons. The normalized spacial score (nSPS) is 10.9. The molecule has 0 aliphatic rings. The zero-order valence-electron chi connectivity index (χ0n) is 10.3. The molecular weight excluding hydrogens is 283 g/mol. The van der Waals surface area contributed by atoms with Gasteiger partial charge in [0.05, 0.1) is 0 Å².